The number of ether oxygens (including phenoxy) is 1. The number of carboxylic acid groups (broad SMARTS) is 1. The van der Waals surface area contributed by atoms with Crippen LogP contribution in [0.1, 0.15) is 33.1 Å². The molecule has 0 heterocycles. The van der Waals surface area contributed by atoms with Crippen LogP contribution in [-0.4, -0.2) is 35.7 Å². The van der Waals surface area contributed by atoms with Crippen LogP contribution in [0.25, 0.3) is 0 Å². The van der Waals surface area contributed by atoms with Gasteiger partial charge in [0.15, 0.2) is 0 Å². The van der Waals surface area contributed by atoms with Gasteiger partial charge in [0, 0.05) is 12.6 Å². The van der Waals surface area contributed by atoms with Gasteiger partial charge in [-0.2, -0.15) is 0 Å². The molecule has 1 unspecified atom stereocenters. The molecule has 92 valence electrons. The van der Waals surface area contributed by atoms with Crippen LogP contribution in [0.5, 0.6) is 0 Å². The van der Waals surface area contributed by atoms with Crippen molar-refractivity contribution in [1.82, 2.24) is 5.32 Å². The lowest BCUT2D eigenvalue weighted by atomic mass is 10.0. The highest BCUT2D eigenvalue weighted by Gasteiger charge is 2.34. The molecule has 0 aromatic heterocycles. The summed E-state index contributed by atoms with van der Waals surface area (Å²) in [6, 6.07) is -0.243. The lowest BCUT2D eigenvalue weighted by molar-refractivity contribution is -0.142. The summed E-state index contributed by atoms with van der Waals surface area (Å²) >= 11 is 0. The van der Waals surface area contributed by atoms with Gasteiger partial charge >= 0.3 is 5.97 Å². The fourth-order valence-corrected chi connectivity index (χ4v) is 2.05. The molecule has 1 amide bonds. The first-order valence-corrected chi connectivity index (χ1v) is 5.71. The summed E-state index contributed by atoms with van der Waals surface area (Å²) < 4.78 is 5.15. The largest absolute Gasteiger partial charge is 0.481 e. The molecule has 0 bridgehead atoms. The molecule has 1 aliphatic carbocycles. The van der Waals surface area contributed by atoms with Crippen LogP contribution in [0, 0.1) is 5.92 Å². The van der Waals surface area contributed by atoms with Crippen molar-refractivity contribution >= 4 is 11.9 Å². The first-order chi connectivity index (χ1) is 7.56. The molecule has 0 radical (unpaired) electrons. The molecule has 0 aromatic rings. The number of hydrogen-bond donors (Lipinski definition) is 2. The quantitative estimate of drug-likeness (QED) is 0.730. The van der Waals surface area contributed by atoms with E-state index in [0.717, 1.165) is 12.8 Å². The van der Waals surface area contributed by atoms with Gasteiger partial charge in [-0.15, -0.1) is 0 Å². The summed E-state index contributed by atoms with van der Waals surface area (Å²) in [6.45, 7) is 3.96. The van der Waals surface area contributed by atoms with Crippen molar-refractivity contribution in [3.63, 3.8) is 0 Å². The van der Waals surface area contributed by atoms with Crippen molar-refractivity contribution in [2.45, 2.75) is 45.3 Å². The maximum atomic E-state index is 11.6. The van der Waals surface area contributed by atoms with E-state index < -0.39 is 18.0 Å². The molecule has 1 saturated carbocycles. The summed E-state index contributed by atoms with van der Waals surface area (Å²) in [5.74, 6) is -1.50. The van der Waals surface area contributed by atoms with Crippen LogP contribution in [0.2, 0.25) is 0 Å². The van der Waals surface area contributed by atoms with Gasteiger partial charge in [-0.1, -0.05) is 6.42 Å². The number of carbonyl (C=O) groups excluding carboxylic acids is 1. The summed E-state index contributed by atoms with van der Waals surface area (Å²) in [5.41, 5.74) is 0. The van der Waals surface area contributed by atoms with Crippen molar-refractivity contribution in [2.75, 3.05) is 6.61 Å². The van der Waals surface area contributed by atoms with E-state index in [4.69, 9.17) is 9.84 Å². The lowest BCUT2D eigenvalue weighted by Gasteiger charge is -2.20. The zero-order valence-corrected chi connectivity index (χ0v) is 9.73. The molecule has 2 N–H and O–H groups in total. The molecule has 5 nitrogen and oxygen atoms in total. The van der Waals surface area contributed by atoms with Crippen molar-refractivity contribution in [1.29, 1.82) is 0 Å². The highest BCUT2D eigenvalue weighted by atomic mass is 16.5. The van der Waals surface area contributed by atoms with Crippen LogP contribution in [-0.2, 0) is 14.3 Å². The number of carboxylic acids is 1. The smallest absolute Gasteiger partial charge is 0.308 e. The van der Waals surface area contributed by atoms with Crippen LogP contribution in [0.4, 0.5) is 0 Å². The Bertz CT molecular complexity index is 267. The third kappa shape index (κ3) is 3.20. The third-order valence-corrected chi connectivity index (χ3v) is 2.95. The molecule has 16 heavy (non-hydrogen) atoms. The van der Waals surface area contributed by atoms with Gasteiger partial charge in [0.05, 0.1) is 5.92 Å². The Morgan fingerprint density at radius 1 is 1.50 bits per heavy atom. The molecule has 0 spiro atoms. The van der Waals surface area contributed by atoms with Gasteiger partial charge in [0.2, 0.25) is 5.91 Å². The molecule has 0 aliphatic heterocycles. The van der Waals surface area contributed by atoms with E-state index in [-0.39, 0.29) is 11.9 Å². The summed E-state index contributed by atoms with van der Waals surface area (Å²) in [6.07, 6.45) is 1.72. The SMILES string of the molecule is CCOC(C)C(=O)N[C@@H]1CCC[C@@H]1C(=O)O. The third-order valence-electron chi connectivity index (χ3n) is 2.95. The maximum Gasteiger partial charge on any atom is 0.308 e. The minimum absolute atomic E-state index is 0.222. The molecule has 3 atom stereocenters. The van der Waals surface area contributed by atoms with Crippen LogP contribution < -0.4 is 5.32 Å². The van der Waals surface area contributed by atoms with Gasteiger partial charge in [0.1, 0.15) is 6.10 Å². The summed E-state index contributed by atoms with van der Waals surface area (Å²) in [7, 11) is 0. The van der Waals surface area contributed by atoms with E-state index in [9.17, 15) is 9.59 Å². The second kappa shape index (κ2) is 5.84. The van der Waals surface area contributed by atoms with Crippen LogP contribution >= 0.6 is 0 Å². The Kier molecular flexibility index (Phi) is 4.73. The van der Waals surface area contributed by atoms with Gasteiger partial charge in [-0.3, -0.25) is 9.59 Å². The van der Waals surface area contributed by atoms with Crippen molar-refractivity contribution in [3.8, 4) is 0 Å². The van der Waals surface area contributed by atoms with E-state index in [2.05, 4.69) is 5.32 Å². The van der Waals surface area contributed by atoms with E-state index in [1.54, 1.807) is 6.92 Å². The standard InChI is InChI=1S/C11H19NO4/c1-3-16-7(2)10(13)12-9-6-4-5-8(9)11(14)15/h7-9H,3-6H2,1-2H3,(H,12,13)(H,14,15)/t7?,8-,9+/m0/s1. The average Bonchev–Trinajstić information content (AvgIpc) is 2.66. The number of rotatable bonds is 5. The molecule has 0 aromatic carbocycles. The number of amides is 1. The number of aliphatic carboxylic acids is 1. The van der Waals surface area contributed by atoms with E-state index in [1.165, 1.54) is 0 Å². The summed E-state index contributed by atoms with van der Waals surface area (Å²) in [5, 5.41) is 11.7. The normalized spacial score (nSPS) is 26.4. The average molecular weight is 229 g/mol. The Morgan fingerprint density at radius 3 is 2.75 bits per heavy atom. The van der Waals surface area contributed by atoms with E-state index >= 15 is 0 Å². The molecule has 1 fully saturated rings. The molecular formula is C11H19NO4. The first kappa shape index (κ1) is 13.0. The first-order valence-electron chi connectivity index (χ1n) is 5.71. The minimum atomic E-state index is -0.827. The monoisotopic (exact) mass is 229 g/mol. The Balaban J connectivity index is 2.47. The second-order valence-electron chi connectivity index (χ2n) is 4.09. The lowest BCUT2D eigenvalue weighted by Crippen LogP contribution is -2.44. The zero-order chi connectivity index (χ0) is 12.1. The number of nitrogens with one attached hydrogen (secondary N) is 1. The van der Waals surface area contributed by atoms with Gasteiger partial charge in [0.25, 0.3) is 0 Å². The van der Waals surface area contributed by atoms with Crippen molar-refractivity contribution in [3.05, 3.63) is 0 Å². The predicted octanol–water partition coefficient (Wildman–Crippen LogP) is 0.781. The minimum Gasteiger partial charge on any atom is -0.481 e. The molecule has 0 saturated heterocycles. The topological polar surface area (TPSA) is 75.6 Å². The van der Waals surface area contributed by atoms with Crippen molar-refractivity contribution < 1.29 is 19.4 Å². The number of carbonyl (C=O) groups is 2. The van der Waals surface area contributed by atoms with Gasteiger partial charge in [-0.05, 0) is 26.7 Å². The highest BCUT2D eigenvalue weighted by Crippen LogP contribution is 2.25. The van der Waals surface area contributed by atoms with Crippen LogP contribution in [0.15, 0.2) is 0 Å². The van der Waals surface area contributed by atoms with Gasteiger partial charge in [-0.25, -0.2) is 0 Å². The van der Waals surface area contributed by atoms with Gasteiger partial charge < -0.3 is 15.2 Å². The van der Waals surface area contributed by atoms with E-state index in [0.29, 0.717) is 13.0 Å². The molecule has 5 heteroatoms. The Labute approximate surface area is 95.2 Å². The Morgan fingerprint density at radius 2 is 2.19 bits per heavy atom. The fourth-order valence-electron chi connectivity index (χ4n) is 2.05. The fraction of sp³-hybridized carbons (Fsp3) is 0.818. The highest BCUT2D eigenvalue weighted by molar-refractivity contribution is 5.81. The predicted molar refractivity (Wildman–Crippen MR) is 58.0 cm³/mol. The second-order valence-corrected chi connectivity index (χ2v) is 4.09. The number of hydrogen-bond acceptors (Lipinski definition) is 3. The van der Waals surface area contributed by atoms with Crippen molar-refractivity contribution in [2.24, 2.45) is 5.92 Å². The maximum absolute atomic E-state index is 11.6. The summed E-state index contributed by atoms with van der Waals surface area (Å²) in [4.78, 5) is 22.5. The molecule has 1 aliphatic rings. The Hall–Kier alpha value is -1.10. The molecule has 1 rings (SSSR count). The van der Waals surface area contributed by atoms with Crippen LogP contribution in [0.3, 0.4) is 0 Å². The zero-order valence-electron chi connectivity index (χ0n) is 9.73. The van der Waals surface area contributed by atoms with E-state index in [1.807, 2.05) is 6.92 Å². The molecular weight excluding hydrogens is 210 g/mol.